The van der Waals surface area contributed by atoms with Gasteiger partial charge in [0.05, 0.1) is 11.4 Å². The first-order valence-corrected chi connectivity index (χ1v) is 10.8. The maximum absolute atomic E-state index is 13.4. The molecule has 3 N–H and O–H groups in total. The summed E-state index contributed by atoms with van der Waals surface area (Å²) in [6, 6.07) is 19.6. The van der Waals surface area contributed by atoms with Crippen LogP contribution in [0.1, 0.15) is 21.5 Å². The molecule has 0 unspecified atom stereocenters. The van der Waals surface area contributed by atoms with Crippen molar-refractivity contribution in [1.82, 2.24) is 14.7 Å². The molecule has 0 atom stereocenters. The van der Waals surface area contributed by atoms with Crippen LogP contribution in [0.5, 0.6) is 11.5 Å². The van der Waals surface area contributed by atoms with Gasteiger partial charge in [-0.25, -0.2) is 0 Å². The summed E-state index contributed by atoms with van der Waals surface area (Å²) in [5.41, 5.74) is 4.07. The number of phenols is 2. The molecule has 2 heterocycles. The molecule has 0 saturated carbocycles. The van der Waals surface area contributed by atoms with Gasteiger partial charge < -0.3 is 20.4 Å². The first-order chi connectivity index (χ1) is 15.9. The number of nitrogens with one attached hydrogen (secondary N) is 1. The van der Waals surface area contributed by atoms with Crippen molar-refractivity contribution < 1.29 is 15.0 Å². The lowest BCUT2D eigenvalue weighted by Crippen LogP contribution is -2.26. The smallest absolute Gasteiger partial charge is 0.260 e. The molecule has 7 nitrogen and oxygen atoms in total. The van der Waals surface area contributed by atoms with Crippen LogP contribution in [-0.4, -0.2) is 30.8 Å². The van der Waals surface area contributed by atoms with Gasteiger partial charge in [0.1, 0.15) is 22.9 Å². The van der Waals surface area contributed by atoms with Crippen LogP contribution < -0.4 is 5.32 Å². The van der Waals surface area contributed by atoms with Crippen LogP contribution in [0.4, 0.5) is 11.5 Å². The zero-order valence-corrected chi connectivity index (χ0v) is 18.5. The predicted molar refractivity (Wildman–Crippen MR) is 127 cm³/mol. The third-order valence-corrected chi connectivity index (χ3v) is 5.94. The normalized spacial score (nSPS) is 12.6. The van der Waals surface area contributed by atoms with Gasteiger partial charge in [0.15, 0.2) is 0 Å². The lowest BCUT2D eigenvalue weighted by Gasteiger charge is -2.19. The number of carbonyl (C=O) groups is 1. The fraction of sp³-hybridized carbons (Fsp3) is 0.120. The summed E-state index contributed by atoms with van der Waals surface area (Å²) in [6.07, 6.45) is 0. The number of aryl methyl sites for hydroxylation is 1. The quantitative estimate of drug-likeness (QED) is 0.396. The van der Waals surface area contributed by atoms with Gasteiger partial charge in [-0.3, -0.25) is 9.48 Å². The molecule has 1 aliphatic rings. The maximum Gasteiger partial charge on any atom is 0.260 e. The van der Waals surface area contributed by atoms with E-state index in [1.54, 1.807) is 22.7 Å². The van der Waals surface area contributed by atoms with Crippen molar-refractivity contribution in [3.63, 3.8) is 0 Å². The highest BCUT2D eigenvalue weighted by Crippen LogP contribution is 2.36. The first kappa shape index (κ1) is 20.9. The Bertz CT molecular complexity index is 1360. The Morgan fingerprint density at radius 2 is 1.73 bits per heavy atom. The zero-order valence-electron chi connectivity index (χ0n) is 17.8. The van der Waals surface area contributed by atoms with Crippen molar-refractivity contribution >= 4 is 29.0 Å². The molecule has 8 heteroatoms. The number of phenolic OH excluding ortho intramolecular Hbond substituents is 2. The Morgan fingerprint density at radius 3 is 2.42 bits per heavy atom. The van der Waals surface area contributed by atoms with Crippen LogP contribution in [0.25, 0.3) is 11.3 Å². The van der Waals surface area contributed by atoms with Gasteiger partial charge >= 0.3 is 0 Å². The summed E-state index contributed by atoms with van der Waals surface area (Å²) in [7, 11) is 1.76. The Kier molecular flexibility index (Phi) is 5.18. The third kappa shape index (κ3) is 3.99. The number of carbonyl (C=O) groups excluding carboxylic acids is 1. The summed E-state index contributed by atoms with van der Waals surface area (Å²) < 4.78 is 1.62. The zero-order chi connectivity index (χ0) is 23.1. The summed E-state index contributed by atoms with van der Waals surface area (Å²) in [5.74, 6) is -0.207. The summed E-state index contributed by atoms with van der Waals surface area (Å²) in [5, 5.41) is 29.0. The monoisotopic (exact) mass is 460 g/mol. The number of halogens is 1. The number of rotatable bonds is 4. The predicted octanol–water partition coefficient (Wildman–Crippen LogP) is 5.05. The van der Waals surface area contributed by atoms with Crippen LogP contribution in [0.2, 0.25) is 5.02 Å². The van der Waals surface area contributed by atoms with Crippen molar-refractivity contribution in [2.24, 2.45) is 7.05 Å². The van der Waals surface area contributed by atoms with Crippen LogP contribution in [-0.2, 0) is 20.1 Å². The fourth-order valence-electron chi connectivity index (χ4n) is 4.08. The first-order valence-electron chi connectivity index (χ1n) is 10.4. The Balaban J connectivity index is 1.48. The molecule has 0 saturated heterocycles. The van der Waals surface area contributed by atoms with E-state index in [2.05, 4.69) is 10.4 Å². The van der Waals surface area contributed by atoms with Gasteiger partial charge in [-0.1, -0.05) is 48.0 Å². The standard InChI is InChI=1S/C25H21ClN4O3/c1-29-23(12-20(28-29)15-7-4-8-18(26)9-15)27-21-10-19(31)11-22(32)24(21)25(33)30-13-16-5-2-3-6-17(16)14-30/h2-12,27,31-32H,13-14H2,1H3. The van der Waals surface area contributed by atoms with Crippen molar-refractivity contribution in [2.75, 3.05) is 5.32 Å². The highest BCUT2D eigenvalue weighted by Gasteiger charge is 2.28. The van der Waals surface area contributed by atoms with E-state index in [4.69, 9.17) is 11.6 Å². The van der Waals surface area contributed by atoms with E-state index in [-0.39, 0.29) is 28.7 Å². The Hall–Kier alpha value is -3.97. The number of hydrogen-bond acceptors (Lipinski definition) is 5. The van der Waals surface area contributed by atoms with E-state index in [1.807, 2.05) is 48.5 Å². The molecule has 1 aromatic heterocycles. The summed E-state index contributed by atoms with van der Waals surface area (Å²) >= 11 is 6.11. The van der Waals surface area contributed by atoms with E-state index in [0.29, 0.717) is 29.6 Å². The average Bonchev–Trinajstić information content (AvgIpc) is 3.37. The second-order valence-electron chi connectivity index (χ2n) is 7.99. The minimum absolute atomic E-state index is 0.0890. The van der Waals surface area contributed by atoms with Gasteiger partial charge in [-0.05, 0) is 23.3 Å². The van der Waals surface area contributed by atoms with Crippen LogP contribution >= 0.6 is 11.6 Å². The number of aromatic nitrogens is 2. The minimum atomic E-state index is -0.330. The molecule has 0 bridgehead atoms. The minimum Gasteiger partial charge on any atom is -0.508 e. The van der Waals surface area contributed by atoms with Crippen molar-refractivity contribution in [1.29, 1.82) is 0 Å². The molecule has 0 fully saturated rings. The van der Waals surface area contributed by atoms with E-state index >= 15 is 0 Å². The van der Waals surface area contributed by atoms with Gasteiger partial charge in [0.25, 0.3) is 5.91 Å². The molecule has 33 heavy (non-hydrogen) atoms. The summed E-state index contributed by atoms with van der Waals surface area (Å²) in [4.78, 5) is 15.1. The summed E-state index contributed by atoms with van der Waals surface area (Å²) in [6.45, 7) is 0.915. The number of amides is 1. The SMILES string of the molecule is Cn1nc(-c2cccc(Cl)c2)cc1Nc1cc(O)cc(O)c1C(=O)N1Cc2ccccc2C1. The number of fused-ring (bicyclic) bond motifs is 1. The molecule has 0 radical (unpaired) electrons. The molecule has 5 rings (SSSR count). The van der Waals surface area contributed by atoms with E-state index in [0.717, 1.165) is 16.7 Å². The molecule has 166 valence electrons. The molecule has 4 aromatic rings. The van der Waals surface area contributed by atoms with Gasteiger partial charge in [0.2, 0.25) is 0 Å². The molecule has 1 amide bonds. The number of hydrogen-bond donors (Lipinski definition) is 3. The fourth-order valence-corrected chi connectivity index (χ4v) is 4.27. The molecule has 0 aliphatic carbocycles. The van der Waals surface area contributed by atoms with Gasteiger partial charge in [-0.15, -0.1) is 0 Å². The molecule has 1 aliphatic heterocycles. The lowest BCUT2D eigenvalue weighted by molar-refractivity contribution is 0.0749. The molecular weight excluding hydrogens is 440 g/mol. The van der Waals surface area contributed by atoms with Crippen LogP contribution in [0.3, 0.4) is 0 Å². The van der Waals surface area contributed by atoms with E-state index in [1.165, 1.54) is 12.1 Å². The maximum atomic E-state index is 13.4. The van der Waals surface area contributed by atoms with Crippen molar-refractivity contribution in [3.05, 3.63) is 88.4 Å². The highest BCUT2D eigenvalue weighted by molar-refractivity contribution is 6.30. The van der Waals surface area contributed by atoms with Crippen LogP contribution in [0.15, 0.2) is 66.7 Å². The Morgan fingerprint density at radius 1 is 1.00 bits per heavy atom. The topological polar surface area (TPSA) is 90.6 Å². The van der Waals surface area contributed by atoms with Crippen molar-refractivity contribution in [3.8, 4) is 22.8 Å². The van der Waals surface area contributed by atoms with E-state index < -0.39 is 0 Å². The number of nitrogens with zero attached hydrogens (tertiary/aromatic N) is 3. The highest BCUT2D eigenvalue weighted by atomic mass is 35.5. The van der Waals surface area contributed by atoms with E-state index in [9.17, 15) is 15.0 Å². The number of anilines is 2. The van der Waals surface area contributed by atoms with Gasteiger partial charge in [-0.2, -0.15) is 5.10 Å². The van der Waals surface area contributed by atoms with Crippen LogP contribution in [0, 0.1) is 0 Å². The third-order valence-electron chi connectivity index (χ3n) is 5.71. The second-order valence-corrected chi connectivity index (χ2v) is 8.43. The van der Waals surface area contributed by atoms with Crippen molar-refractivity contribution in [2.45, 2.75) is 13.1 Å². The number of aromatic hydroxyl groups is 2. The van der Waals surface area contributed by atoms with Gasteiger partial charge in [0, 0.05) is 48.9 Å². The molecule has 3 aromatic carbocycles. The lowest BCUT2D eigenvalue weighted by atomic mass is 10.1. The largest absolute Gasteiger partial charge is 0.508 e. The molecular formula is C25H21ClN4O3. The second kappa shape index (κ2) is 8.18. The Labute approximate surface area is 195 Å². The average molecular weight is 461 g/mol. The number of benzene rings is 3. The molecule has 0 spiro atoms.